The number of nitrogens with zero attached hydrogens (tertiary/aromatic N) is 1. The summed E-state index contributed by atoms with van der Waals surface area (Å²) in [6, 6.07) is 13.1. The van der Waals surface area contributed by atoms with Gasteiger partial charge in [-0.15, -0.1) is 0 Å². The van der Waals surface area contributed by atoms with E-state index in [4.69, 9.17) is 21.1 Å². The average Bonchev–Trinajstić information content (AvgIpc) is 3.14. The highest BCUT2D eigenvalue weighted by atomic mass is 35.5. The third-order valence-corrected chi connectivity index (χ3v) is 6.72. The second-order valence-corrected chi connectivity index (χ2v) is 9.74. The zero-order chi connectivity index (χ0) is 29.0. The first-order valence-electron chi connectivity index (χ1n) is 11.4. The smallest absolute Gasteiger partial charge is 0.416 e. The van der Waals surface area contributed by atoms with Gasteiger partial charge in [-0.1, -0.05) is 29.8 Å². The number of hydrogen-bond acceptors (Lipinski definition) is 6. The van der Waals surface area contributed by atoms with Gasteiger partial charge in [0, 0.05) is 0 Å². The summed E-state index contributed by atoms with van der Waals surface area (Å²) in [4.78, 5) is 38.5. The van der Waals surface area contributed by atoms with Crippen LogP contribution in [0, 0.1) is 5.82 Å². The highest BCUT2D eigenvalue weighted by molar-refractivity contribution is 8.18. The summed E-state index contributed by atoms with van der Waals surface area (Å²) in [5, 5.41) is 1.73. The minimum Gasteiger partial charge on any atom is -0.495 e. The van der Waals surface area contributed by atoms with Crippen LogP contribution in [0.1, 0.15) is 16.7 Å². The molecule has 1 heterocycles. The Bertz CT molecular complexity index is 1510. The molecule has 0 bridgehead atoms. The van der Waals surface area contributed by atoms with Gasteiger partial charge in [-0.2, -0.15) is 13.2 Å². The normalized spacial score (nSPS) is 14.6. The second-order valence-electron chi connectivity index (χ2n) is 8.34. The summed E-state index contributed by atoms with van der Waals surface area (Å²) in [5.74, 6) is -1.77. The Morgan fingerprint density at radius 3 is 2.50 bits per heavy atom. The van der Waals surface area contributed by atoms with Crippen molar-refractivity contribution in [2.24, 2.45) is 0 Å². The summed E-state index contributed by atoms with van der Waals surface area (Å²) in [6.45, 7) is -0.654. The van der Waals surface area contributed by atoms with E-state index in [1.807, 2.05) is 0 Å². The monoisotopic (exact) mass is 594 g/mol. The highest BCUT2D eigenvalue weighted by Gasteiger charge is 2.37. The highest BCUT2D eigenvalue weighted by Crippen LogP contribution is 2.36. The number of anilines is 1. The maximum Gasteiger partial charge on any atom is 0.416 e. The molecule has 7 nitrogen and oxygen atoms in total. The predicted octanol–water partition coefficient (Wildman–Crippen LogP) is 6.76. The average molecular weight is 595 g/mol. The van der Waals surface area contributed by atoms with Crippen LogP contribution < -0.4 is 14.8 Å². The molecule has 3 aromatic carbocycles. The van der Waals surface area contributed by atoms with E-state index < -0.39 is 41.2 Å². The van der Waals surface area contributed by atoms with Crippen molar-refractivity contribution in [3.05, 3.63) is 93.1 Å². The van der Waals surface area contributed by atoms with E-state index in [0.29, 0.717) is 39.6 Å². The SMILES string of the molecule is COc1ccc(C(F)(F)F)cc1NC(=O)CN1C(=O)S/C(=C\c2ccc(OCc3cccc(F)c3)c(Cl)c2)C1=O. The van der Waals surface area contributed by atoms with Crippen LogP contribution in [0.3, 0.4) is 0 Å². The minimum atomic E-state index is -4.66. The Kier molecular flexibility index (Phi) is 8.70. The van der Waals surface area contributed by atoms with E-state index in [0.717, 1.165) is 12.1 Å². The third kappa shape index (κ3) is 6.93. The maximum atomic E-state index is 13.3. The third-order valence-electron chi connectivity index (χ3n) is 5.51. The van der Waals surface area contributed by atoms with Gasteiger partial charge in [0.15, 0.2) is 0 Å². The first-order chi connectivity index (χ1) is 18.9. The number of hydrogen-bond donors (Lipinski definition) is 1. The number of rotatable bonds is 8. The number of methoxy groups -OCH3 is 1. The summed E-state index contributed by atoms with van der Waals surface area (Å²) in [6.07, 6.45) is -3.25. The summed E-state index contributed by atoms with van der Waals surface area (Å²) >= 11 is 6.88. The van der Waals surface area contributed by atoms with Crippen molar-refractivity contribution in [1.29, 1.82) is 0 Å². The van der Waals surface area contributed by atoms with E-state index in [9.17, 15) is 31.9 Å². The van der Waals surface area contributed by atoms with E-state index in [-0.39, 0.29) is 28.0 Å². The van der Waals surface area contributed by atoms with E-state index in [1.54, 1.807) is 24.3 Å². The van der Waals surface area contributed by atoms with Gasteiger partial charge >= 0.3 is 6.18 Å². The van der Waals surface area contributed by atoms with Gasteiger partial charge in [-0.3, -0.25) is 19.3 Å². The molecule has 1 saturated heterocycles. The molecule has 13 heteroatoms. The number of carbonyl (C=O) groups is 3. The van der Waals surface area contributed by atoms with Crippen LogP contribution in [0.2, 0.25) is 5.02 Å². The van der Waals surface area contributed by atoms with Crippen molar-refractivity contribution in [2.45, 2.75) is 12.8 Å². The molecule has 3 amide bonds. The lowest BCUT2D eigenvalue weighted by Crippen LogP contribution is -2.36. The molecule has 0 spiro atoms. The van der Waals surface area contributed by atoms with Crippen molar-refractivity contribution < 1.29 is 41.4 Å². The Balaban J connectivity index is 1.42. The fourth-order valence-electron chi connectivity index (χ4n) is 3.61. The molecular formula is C27H19ClF4N2O5S. The molecule has 0 atom stereocenters. The summed E-state index contributed by atoms with van der Waals surface area (Å²) in [5.41, 5.74) is -0.211. The predicted molar refractivity (Wildman–Crippen MR) is 141 cm³/mol. The van der Waals surface area contributed by atoms with Gasteiger partial charge in [-0.05, 0) is 71.4 Å². The fourth-order valence-corrected chi connectivity index (χ4v) is 4.70. The van der Waals surface area contributed by atoms with Crippen LogP contribution in [0.5, 0.6) is 11.5 Å². The van der Waals surface area contributed by atoms with E-state index in [2.05, 4.69) is 5.32 Å². The van der Waals surface area contributed by atoms with Crippen molar-refractivity contribution in [2.75, 3.05) is 19.0 Å². The molecule has 1 fully saturated rings. The van der Waals surface area contributed by atoms with Crippen molar-refractivity contribution in [3.63, 3.8) is 0 Å². The quantitative estimate of drug-likeness (QED) is 0.229. The zero-order valence-electron chi connectivity index (χ0n) is 20.6. The first kappa shape index (κ1) is 29.0. The van der Waals surface area contributed by atoms with Gasteiger partial charge in [0.2, 0.25) is 5.91 Å². The van der Waals surface area contributed by atoms with E-state index >= 15 is 0 Å². The molecule has 1 aliphatic heterocycles. The van der Waals surface area contributed by atoms with Gasteiger partial charge in [0.1, 0.15) is 30.5 Å². The number of benzene rings is 3. The topological polar surface area (TPSA) is 84.9 Å². The molecule has 1 N–H and O–H groups in total. The Morgan fingerprint density at radius 2 is 1.82 bits per heavy atom. The molecule has 40 heavy (non-hydrogen) atoms. The molecule has 0 unspecified atom stereocenters. The van der Waals surface area contributed by atoms with Crippen LogP contribution in [-0.4, -0.2) is 35.6 Å². The zero-order valence-corrected chi connectivity index (χ0v) is 22.1. The van der Waals surface area contributed by atoms with Crippen LogP contribution in [0.4, 0.5) is 28.0 Å². The first-order valence-corrected chi connectivity index (χ1v) is 12.6. The van der Waals surface area contributed by atoms with Gasteiger partial charge in [-0.25, -0.2) is 4.39 Å². The number of amides is 3. The number of alkyl halides is 3. The lowest BCUT2D eigenvalue weighted by molar-refractivity contribution is -0.137. The van der Waals surface area contributed by atoms with Crippen molar-refractivity contribution in [1.82, 2.24) is 4.90 Å². The van der Waals surface area contributed by atoms with Gasteiger partial charge < -0.3 is 14.8 Å². The molecular weight excluding hydrogens is 576 g/mol. The number of carbonyl (C=O) groups excluding carboxylic acids is 3. The molecule has 3 aromatic rings. The number of ether oxygens (including phenoxy) is 2. The lowest BCUT2D eigenvalue weighted by atomic mass is 10.1. The molecule has 0 aliphatic carbocycles. The van der Waals surface area contributed by atoms with Crippen LogP contribution in [0.15, 0.2) is 65.6 Å². The molecule has 0 radical (unpaired) electrons. The second kappa shape index (κ2) is 12.0. The van der Waals surface area contributed by atoms with E-state index in [1.165, 1.54) is 31.4 Å². The minimum absolute atomic E-state index is 0.0129. The summed E-state index contributed by atoms with van der Waals surface area (Å²) in [7, 11) is 1.22. The van der Waals surface area contributed by atoms with Crippen LogP contribution >= 0.6 is 23.4 Å². The fraction of sp³-hybridized carbons (Fsp3) is 0.148. The molecule has 0 aromatic heterocycles. The maximum absolute atomic E-state index is 13.3. The largest absolute Gasteiger partial charge is 0.495 e. The number of thioether (sulfide) groups is 1. The van der Waals surface area contributed by atoms with Gasteiger partial charge in [0.25, 0.3) is 11.1 Å². The summed E-state index contributed by atoms with van der Waals surface area (Å²) < 4.78 is 63.2. The van der Waals surface area contributed by atoms with Crippen LogP contribution in [0.25, 0.3) is 6.08 Å². The standard InChI is InChI=1S/C27H19ClF4N2O5S/c1-38-22-8-6-17(27(30,31)32)12-20(22)33-24(35)13-34-25(36)23(40-26(34)37)11-15-5-7-21(19(28)10-15)39-14-16-3-2-4-18(29)9-16/h2-12H,13-14H2,1H3,(H,33,35)/b23-11-. The molecule has 0 saturated carbocycles. The Labute approximate surface area is 234 Å². The van der Waals surface area contributed by atoms with Gasteiger partial charge in [0.05, 0.1) is 28.3 Å². The van der Waals surface area contributed by atoms with Crippen molar-refractivity contribution in [3.8, 4) is 11.5 Å². The van der Waals surface area contributed by atoms with Crippen LogP contribution in [-0.2, 0) is 22.4 Å². The number of imide groups is 1. The molecule has 4 rings (SSSR count). The number of nitrogens with one attached hydrogen (secondary N) is 1. The lowest BCUT2D eigenvalue weighted by Gasteiger charge is -2.16. The number of halogens is 5. The Morgan fingerprint density at radius 1 is 1.07 bits per heavy atom. The molecule has 208 valence electrons. The van der Waals surface area contributed by atoms with Crippen molar-refractivity contribution >= 4 is 52.2 Å². The molecule has 1 aliphatic rings. The Hall–Kier alpha value is -4.03.